The molecular formula is C10H19N7O2. The molecule has 5 N–H and O–H groups in total. The molecule has 0 fully saturated rings. The van der Waals surface area contributed by atoms with Crippen molar-refractivity contribution in [3.05, 3.63) is 0 Å². The van der Waals surface area contributed by atoms with E-state index in [-0.39, 0.29) is 30.4 Å². The number of anilines is 2. The third kappa shape index (κ3) is 5.34. The Labute approximate surface area is 111 Å². The van der Waals surface area contributed by atoms with E-state index in [0.29, 0.717) is 13.2 Å². The highest BCUT2D eigenvalue weighted by atomic mass is 16.5. The minimum Gasteiger partial charge on any atom is -0.464 e. The van der Waals surface area contributed by atoms with Crippen LogP contribution >= 0.6 is 0 Å². The molecule has 9 heteroatoms. The number of carbonyl (C=O) groups excluding carboxylic acids is 1. The maximum absolute atomic E-state index is 11.4. The lowest BCUT2D eigenvalue weighted by atomic mass is 10.4. The molecule has 9 nitrogen and oxygen atoms in total. The van der Waals surface area contributed by atoms with Crippen LogP contribution in [0.15, 0.2) is 0 Å². The summed E-state index contributed by atoms with van der Waals surface area (Å²) >= 11 is 0. The number of nitrogen functional groups attached to an aromatic ring is 1. The second kappa shape index (κ2) is 8.03. The first-order valence-electron chi connectivity index (χ1n) is 6.05. The van der Waals surface area contributed by atoms with Gasteiger partial charge in [-0.25, -0.2) is 5.84 Å². The zero-order valence-corrected chi connectivity index (χ0v) is 11.1. The van der Waals surface area contributed by atoms with Gasteiger partial charge in [-0.1, -0.05) is 6.92 Å². The summed E-state index contributed by atoms with van der Waals surface area (Å²) < 4.78 is 5.16. The van der Waals surface area contributed by atoms with Crippen LogP contribution in [0.4, 0.5) is 11.9 Å². The first-order valence-corrected chi connectivity index (χ1v) is 6.05. The predicted octanol–water partition coefficient (Wildman–Crippen LogP) is -0.506. The third-order valence-electron chi connectivity index (χ3n) is 2.00. The number of hydrogen-bond acceptors (Lipinski definition) is 8. The van der Waals surface area contributed by atoms with E-state index < -0.39 is 0 Å². The van der Waals surface area contributed by atoms with Gasteiger partial charge in [-0.05, 0) is 13.3 Å². The van der Waals surface area contributed by atoms with Crippen LogP contribution in [0, 0.1) is 0 Å². The molecule has 0 aromatic carbocycles. The number of hydrogen-bond donors (Lipinski definition) is 4. The number of rotatable bonds is 8. The zero-order valence-electron chi connectivity index (χ0n) is 11.1. The molecule has 0 aliphatic carbocycles. The van der Waals surface area contributed by atoms with Crippen LogP contribution < -0.4 is 26.6 Å². The quantitative estimate of drug-likeness (QED) is 0.367. The van der Waals surface area contributed by atoms with E-state index in [1.807, 2.05) is 13.8 Å². The van der Waals surface area contributed by atoms with E-state index in [0.717, 1.165) is 6.42 Å². The van der Waals surface area contributed by atoms with E-state index >= 15 is 0 Å². The van der Waals surface area contributed by atoms with Crippen LogP contribution in [-0.2, 0) is 4.79 Å². The Kier molecular flexibility index (Phi) is 6.30. The molecule has 0 saturated heterocycles. The number of nitrogens with two attached hydrogens (primary N) is 1. The van der Waals surface area contributed by atoms with E-state index in [1.54, 1.807) is 0 Å². The highest BCUT2D eigenvalue weighted by Crippen LogP contribution is 2.09. The van der Waals surface area contributed by atoms with Crippen LogP contribution in [0.2, 0.25) is 0 Å². The normalized spacial score (nSPS) is 9.84. The third-order valence-corrected chi connectivity index (χ3v) is 2.00. The van der Waals surface area contributed by atoms with E-state index in [1.165, 1.54) is 0 Å². The van der Waals surface area contributed by atoms with E-state index in [4.69, 9.17) is 10.6 Å². The average molecular weight is 269 g/mol. The molecule has 0 aliphatic rings. The Morgan fingerprint density at radius 3 is 2.63 bits per heavy atom. The van der Waals surface area contributed by atoms with Crippen molar-refractivity contribution in [3.8, 4) is 6.01 Å². The number of aromatic nitrogens is 3. The summed E-state index contributed by atoms with van der Waals surface area (Å²) in [4.78, 5) is 23.3. The standard InChI is InChI=1S/C10H19N7O2/c1-3-5-12-7(18)6-13-8-14-9(17-11)16-10(15-8)19-4-2/h3-6,11H2,1-2H3,(H,12,18)(H2,13,14,15,16,17). The molecule has 0 unspecified atom stereocenters. The maximum atomic E-state index is 11.4. The van der Waals surface area contributed by atoms with E-state index in [9.17, 15) is 4.79 Å². The number of amides is 1. The molecule has 0 atom stereocenters. The molecule has 0 aliphatic heterocycles. The van der Waals surface area contributed by atoms with Crippen molar-refractivity contribution in [1.29, 1.82) is 0 Å². The summed E-state index contributed by atoms with van der Waals surface area (Å²) in [6.07, 6.45) is 0.882. The largest absolute Gasteiger partial charge is 0.464 e. The van der Waals surface area contributed by atoms with Gasteiger partial charge in [0.2, 0.25) is 17.8 Å². The first kappa shape index (κ1) is 14.9. The number of nitrogens with zero attached hydrogens (tertiary/aromatic N) is 3. The van der Waals surface area contributed by atoms with Gasteiger partial charge in [-0.2, -0.15) is 15.0 Å². The summed E-state index contributed by atoms with van der Waals surface area (Å²) in [5.74, 6) is 5.49. The van der Waals surface area contributed by atoms with Gasteiger partial charge in [-0.15, -0.1) is 0 Å². The molecule has 0 radical (unpaired) electrons. The Hall–Kier alpha value is -2.16. The smallest absolute Gasteiger partial charge is 0.323 e. The van der Waals surface area contributed by atoms with Gasteiger partial charge in [0.05, 0.1) is 13.2 Å². The van der Waals surface area contributed by atoms with Crippen molar-refractivity contribution in [1.82, 2.24) is 20.3 Å². The number of hydrazine groups is 1. The Morgan fingerprint density at radius 1 is 1.26 bits per heavy atom. The van der Waals surface area contributed by atoms with Gasteiger partial charge in [-0.3, -0.25) is 10.2 Å². The van der Waals surface area contributed by atoms with Crippen molar-refractivity contribution < 1.29 is 9.53 Å². The number of nitrogens with one attached hydrogen (secondary N) is 3. The summed E-state index contributed by atoms with van der Waals surface area (Å²) in [5, 5.41) is 5.50. The maximum Gasteiger partial charge on any atom is 0.323 e. The van der Waals surface area contributed by atoms with Gasteiger partial charge in [0, 0.05) is 6.54 Å². The topological polar surface area (TPSA) is 127 Å². The van der Waals surface area contributed by atoms with Crippen molar-refractivity contribution in [3.63, 3.8) is 0 Å². The molecular weight excluding hydrogens is 250 g/mol. The molecule has 1 amide bonds. The van der Waals surface area contributed by atoms with Crippen molar-refractivity contribution >= 4 is 17.8 Å². The van der Waals surface area contributed by atoms with Gasteiger partial charge in [0.25, 0.3) is 0 Å². The Morgan fingerprint density at radius 2 is 2.00 bits per heavy atom. The van der Waals surface area contributed by atoms with Crippen molar-refractivity contribution in [2.75, 3.05) is 30.4 Å². The summed E-state index contributed by atoms with van der Waals surface area (Å²) in [6, 6.07) is 0.141. The minimum absolute atomic E-state index is 0.0690. The lowest BCUT2D eigenvalue weighted by Gasteiger charge is -2.08. The molecule has 0 saturated carbocycles. The van der Waals surface area contributed by atoms with Crippen LogP contribution in [0.3, 0.4) is 0 Å². The van der Waals surface area contributed by atoms with Crippen LogP contribution in [0.5, 0.6) is 6.01 Å². The van der Waals surface area contributed by atoms with E-state index in [2.05, 4.69) is 31.0 Å². The zero-order chi connectivity index (χ0) is 14.1. The van der Waals surface area contributed by atoms with Crippen LogP contribution in [0.1, 0.15) is 20.3 Å². The highest BCUT2D eigenvalue weighted by Gasteiger charge is 2.07. The van der Waals surface area contributed by atoms with Gasteiger partial charge < -0.3 is 15.4 Å². The van der Waals surface area contributed by atoms with Crippen LogP contribution in [0.25, 0.3) is 0 Å². The Balaban J connectivity index is 2.61. The minimum atomic E-state index is -0.137. The predicted molar refractivity (Wildman–Crippen MR) is 70.6 cm³/mol. The second-order valence-electron chi connectivity index (χ2n) is 3.55. The number of ether oxygens (including phenoxy) is 1. The lowest BCUT2D eigenvalue weighted by molar-refractivity contribution is -0.119. The fourth-order valence-electron chi connectivity index (χ4n) is 1.18. The fourth-order valence-corrected chi connectivity index (χ4v) is 1.18. The average Bonchev–Trinajstić information content (AvgIpc) is 2.43. The summed E-state index contributed by atoms with van der Waals surface area (Å²) in [6.45, 7) is 4.92. The summed E-state index contributed by atoms with van der Waals surface area (Å²) in [7, 11) is 0. The Bertz CT molecular complexity index is 413. The van der Waals surface area contributed by atoms with Gasteiger partial charge in [0.1, 0.15) is 0 Å². The molecule has 1 heterocycles. The molecule has 1 rings (SSSR count). The van der Waals surface area contributed by atoms with Crippen molar-refractivity contribution in [2.45, 2.75) is 20.3 Å². The molecule has 19 heavy (non-hydrogen) atoms. The lowest BCUT2D eigenvalue weighted by Crippen LogP contribution is -2.30. The monoisotopic (exact) mass is 269 g/mol. The molecule has 1 aromatic rings. The second-order valence-corrected chi connectivity index (χ2v) is 3.55. The van der Waals surface area contributed by atoms with Gasteiger partial charge in [0.15, 0.2) is 0 Å². The van der Waals surface area contributed by atoms with Crippen LogP contribution in [-0.4, -0.2) is 40.6 Å². The molecule has 0 bridgehead atoms. The summed E-state index contributed by atoms with van der Waals surface area (Å²) in [5.41, 5.74) is 2.31. The molecule has 1 aromatic heterocycles. The number of carbonyl (C=O) groups is 1. The molecule has 106 valence electrons. The molecule has 0 spiro atoms. The fraction of sp³-hybridized carbons (Fsp3) is 0.600. The van der Waals surface area contributed by atoms with Crippen molar-refractivity contribution in [2.24, 2.45) is 5.84 Å². The first-order chi connectivity index (χ1) is 9.19. The SMILES string of the molecule is CCCNC(=O)CNc1nc(NN)nc(OCC)n1. The highest BCUT2D eigenvalue weighted by molar-refractivity contribution is 5.80. The van der Waals surface area contributed by atoms with Gasteiger partial charge >= 0.3 is 6.01 Å².